The lowest BCUT2D eigenvalue weighted by Gasteiger charge is -2.29. The number of carbonyl (C=O) groups excluding carboxylic acids is 1. The lowest BCUT2D eigenvalue weighted by molar-refractivity contribution is 0.0948. The van der Waals surface area contributed by atoms with Crippen LogP contribution in [0.2, 0.25) is 0 Å². The molecule has 126 valence electrons. The van der Waals surface area contributed by atoms with Crippen LogP contribution >= 0.6 is 15.9 Å². The molecule has 2 heterocycles. The molecule has 0 atom stereocenters. The molecule has 6 heteroatoms. The van der Waals surface area contributed by atoms with Gasteiger partial charge in [0.2, 0.25) is 5.76 Å². The van der Waals surface area contributed by atoms with E-state index in [4.69, 9.17) is 4.52 Å². The van der Waals surface area contributed by atoms with E-state index >= 15 is 0 Å². The van der Waals surface area contributed by atoms with Crippen molar-refractivity contribution in [1.29, 1.82) is 0 Å². The summed E-state index contributed by atoms with van der Waals surface area (Å²) in [7, 11) is 0. The number of hydrogen-bond donors (Lipinski definition) is 0. The van der Waals surface area contributed by atoms with Crippen LogP contribution in [0.5, 0.6) is 0 Å². The standard InChI is InChI=1S/C19H14BrFN2O2/c20-14-9-13-7-4-8-23(18(13)15(21)10-14)19(24)17-11-16(22-25-17)12-5-2-1-3-6-12/h1-3,5-6,9-11H,4,7-8H2. The Kier molecular flexibility index (Phi) is 4.13. The number of aryl methyl sites for hydroxylation is 1. The Morgan fingerprint density at radius 1 is 1.20 bits per heavy atom. The van der Waals surface area contributed by atoms with Crippen LogP contribution in [0.4, 0.5) is 10.1 Å². The van der Waals surface area contributed by atoms with Crippen molar-refractivity contribution in [3.05, 3.63) is 70.1 Å². The van der Waals surface area contributed by atoms with Gasteiger partial charge < -0.3 is 9.42 Å². The first-order valence-electron chi connectivity index (χ1n) is 7.95. The summed E-state index contributed by atoms with van der Waals surface area (Å²) >= 11 is 3.30. The highest BCUT2D eigenvalue weighted by Crippen LogP contribution is 2.34. The van der Waals surface area contributed by atoms with Gasteiger partial charge in [-0.25, -0.2) is 4.39 Å². The maximum absolute atomic E-state index is 14.5. The number of aromatic nitrogens is 1. The lowest BCUT2D eigenvalue weighted by Crippen LogP contribution is -2.36. The third-order valence-corrected chi connectivity index (χ3v) is 4.70. The molecular weight excluding hydrogens is 387 g/mol. The van der Waals surface area contributed by atoms with E-state index in [9.17, 15) is 9.18 Å². The van der Waals surface area contributed by atoms with Gasteiger partial charge >= 0.3 is 0 Å². The zero-order valence-corrected chi connectivity index (χ0v) is 14.8. The molecule has 1 aliphatic heterocycles. The van der Waals surface area contributed by atoms with E-state index in [1.807, 2.05) is 36.4 Å². The zero-order valence-electron chi connectivity index (χ0n) is 13.2. The molecule has 1 amide bonds. The SMILES string of the molecule is O=C(c1cc(-c2ccccc2)no1)N1CCCc2cc(Br)cc(F)c21. The van der Waals surface area contributed by atoms with E-state index in [0.29, 0.717) is 22.4 Å². The molecule has 3 aromatic rings. The minimum atomic E-state index is -0.416. The summed E-state index contributed by atoms with van der Waals surface area (Å²) in [6.07, 6.45) is 1.51. The van der Waals surface area contributed by atoms with E-state index in [2.05, 4.69) is 21.1 Å². The number of amides is 1. The minimum Gasteiger partial charge on any atom is -0.350 e. The number of anilines is 1. The smallest absolute Gasteiger partial charge is 0.296 e. The maximum Gasteiger partial charge on any atom is 0.296 e. The summed E-state index contributed by atoms with van der Waals surface area (Å²) in [6.45, 7) is 0.450. The zero-order chi connectivity index (χ0) is 17.4. The molecule has 0 saturated carbocycles. The van der Waals surface area contributed by atoms with E-state index in [1.165, 1.54) is 11.0 Å². The molecule has 4 nitrogen and oxygen atoms in total. The Morgan fingerprint density at radius 2 is 2.00 bits per heavy atom. The highest BCUT2D eigenvalue weighted by Gasteiger charge is 2.29. The van der Waals surface area contributed by atoms with E-state index in [0.717, 1.165) is 24.0 Å². The first-order chi connectivity index (χ1) is 12.1. The number of nitrogens with zero attached hydrogens (tertiary/aromatic N) is 2. The van der Waals surface area contributed by atoms with Gasteiger partial charge in [0.25, 0.3) is 5.91 Å². The molecule has 2 aromatic carbocycles. The number of carbonyl (C=O) groups is 1. The van der Waals surface area contributed by atoms with E-state index in [-0.39, 0.29) is 11.7 Å². The van der Waals surface area contributed by atoms with Crippen LogP contribution in [0.25, 0.3) is 11.3 Å². The van der Waals surface area contributed by atoms with Crippen molar-refractivity contribution in [2.45, 2.75) is 12.8 Å². The molecule has 25 heavy (non-hydrogen) atoms. The van der Waals surface area contributed by atoms with Crippen molar-refractivity contribution in [2.75, 3.05) is 11.4 Å². The van der Waals surface area contributed by atoms with Crippen molar-refractivity contribution in [3.63, 3.8) is 0 Å². The minimum absolute atomic E-state index is 0.106. The van der Waals surface area contributed by atoms with Gasteiger partial charge in [0.1, 0.15) is 11.5 Å². The highest BCUT2D eigenvalue weighted by molar-refractivity contribution is 9.10. The number of rotatable bonds is 2. The molecule has 1 aromatic heterocycles. The molecule has 0 saturated heterocycles. The van der Waals surface area contributed by atoms with Gasteiger partial charge in [-0.05, 0) is 30.5 Å². The van der Waals surface area contributed by atoms with Crippen LogP contribution in [0, 0.1) is 5.82 Å². The fourth-order valence-corrected chi connectivity index (χ4v) is 3.59. The van der Waals surface area contributed by atoms with Crippen molar-refractivity contribution in [2.24, 2.45) is 0 Å². The van der Waals surface area contributed by atoms with Crippen molar-refractivity contribution < 1.29 is 13.7 Å². The summed E-state index contributed by atoms with van der Waals surface area (Å²) in [5.74, 6) is -0.689. The highest BCUT2D eigenvalue weighted by atomic mass is 79.9. The molecular formula is C19H14BrFN2O2. The van der Waals surface area contributed by atoms with Crippen LogP contribution < -0.4 is 4.90 Å². The average Bonchev–Trinajstić information content (AvgIpc) is 3.11. The quantitative estimate of drug-likeness (QED) is 0.618. The van der Waals surface area contributed by atoms with E-state index in [1.54, 1.807) is 6.07 Å². The van der Waals surface area contributed by atoms with Crippen molar-refractivity contribution in [3.8, 4) is 11.3 Å². The molecule has 4 rings (SSSR count). The third-order valence-electron chi connectivity index (χ3n) is 4.24. The summed E-state index contributed by atoms with van der Waals surface area (Å²) in [5.41, 5.74) is 2.59. The maximum atomic E-state index is 14.5. The van der Waals surface area contributed by atoms with Gasteiger partial charge in [-0.3, -0.25) is 4.79 Å². The molecule has 0 bridgehead atoms. The number of hydrogen-bond acceptors (Lipinski definition) is 3. The first-order valence-corrected chi connectivity index (χ1v) is 8.75. The Labute approximate surface area is 152 Å². The van der Waals surface area contributed by atoms with Gasteiger partial charge in [0.15, 0.2) is 0 Å². The van der Waals surface area contributed by atoms with Crippen LogP contribution in [0.1, 0.15) is 22.5 Å². The fourth-order valence-electron chi connectivity index (χ4n) is 3.11. The monoisotopic (exact) mass is 400 g/mol. The largest absolute Gasteiger partial charge is 0.350 e. The van der Waals surface area contributed by atoms with Gasteiger partial charge in [0.05, 0.1) is 5.69 Å². The van der Waals surface area contributed by atoms with Crippen LogP contribution in [-0.2, 0) is 6.42 Å². The van der Waals surface area contributed by atoms with Gasteiger partial charge in [-0.1, -0.05) is 51.4 Å². The van der Waals surface area contributed by atoms with Gasteiger partial charge in [-0.15, -0.1) is 0 Å². The molecule has 0 N–H and O–H groups in total. The Balaban J connectivity index is 1.69. The molecule has 0 aliphatic carbocycles. The second-order valence-corrected chi connectivity index (χ2v) is 6.81. The summed E-state index contributed by atoms with van der Waals surface area (Å²) in [4.78, 5) is 14.3. The summed E-state index contributed by atoms with van der Waals surface area (Å²) < 4.78 is 20.4. The molecule has 0 fully saturated rings. The second-order valence-electron chi connectivity index (χ2n) is 5.90. The Morgan fingerprint density at radius 3 is 2.80 bits per heavy atom. The summed E-state index contributed by atoms with van der Waals surface area (Å²) in [6, 6.07) is 14.3. The molecule has 0 unspecified atom stereocenters. The van der Waals surface area contributed by atoms with Crippen molar-refractivity contribution >= 4 is 27.5 Å². The molecule has 1 aliphatic rings. The fraction of sp³-hybridized carbons (Fsp3) is 0.158. The van der Waals surface area contributed by atoms with Gasteiger partial charge in [0, 0.05) is 22.6 Å². The second kappa shape index (κ2) is 6.44. The Bertz CT molecular complexity index is 940. The third kappa shape index (κ3) is 2.98. The molecule has 0 spiro atoms. The number of benzene rings is 2. The summed E-state index contributed by atoms with van der Waals surface area (Å²) in [5, 5.41) is 3.97. The predicted octanol–water partition coefficient (Wildman–Crippen LogP) is 4.84. The van der Waals surface area contributed by atoms with Crippen LogP contribution in [-0.4, -0.2) is 17.6 Å². The first kappa shape index (κ1) is 16.0. The Hall–Kier alpha value is -2.47. The normalized spacial score (nSPS) is 13.6. The lowest BCUT2D eigenvalue weighted by atomic mass is 10.0. The van der Waals surface area contributed by atoms with Gasteiger partial charge in [-0.2, -0.15) is 0 Å². The van der Waals surface area contributed by atoms with E-state index < -0.39 is 5.82 Å². The topological polar surface area (TPSA) is 46.3 Å². The average molecular weight is 401 g/mol. The number of fused-ring (bicyclic) bond motifs is 1. The van der Waals surface area contributed by atoms with Crippen LogP contribution in [0.3, 0.4) is 0 Å². The molecule has 0 radical (unpaired) electrons. The number of halogens is 2. The van der Waals surface area contributed by atoms with Crippen LogP contribution in [0.15, 0.2) is 57.5 Å². The predicted molar refractivity (Wildman–Crippen MR) is 96.0 cm³/mol. The van der Waals surface area contributed by atoms with Crippen molar-refractivity contribution in [1.82, 2.24) is 5.16 Å².